The van der Waals surface area contributed by atoms with E-state index in [1.165, 1.54) is 18.2 Å². The number of fused-ring (bicyclic) bond motifs is 1. The maximum Gasteiger partial charge on any atom is 0.266 e. The molecule has 2 atom stereocenters. The number of ether oxygens (including phenoxy) is 1. The number of amides is 5. The molecule has 2 aliphatic heterocycles. The minimum atomic E-state index is -1.07. The summed E-state index contributed by atoms with van der Waals surface area (Å²) in [5, 5.41) is 4.56. The molecule has 142 valence electrons. The number of hydrogen-bond acceptors (Lipinski definition) is 7. The summed E-state index contributed by atoms with van der Waals surface area (Å²) in [5.41, 5.74) is 5.53. The Morgan fingerprint density at radius 3 is 2.74 bits per heavy atom. The van der Waals surface area contributed by atoms with Gasteiger partial charge in [0.1, 0.15) is 11.8 Å². The highest BCUT2D eigenvalue weighted by Crippen LogP contribution is 2.33. The number of nitrogens with one attached hydrogen (secondary N) is 2. The standard InChI is InChI=1S/C17H18N4O6/c1-8(18)19-13(23)7-27-11-4-2-3-9-14(11)17(26)21(16(9)25)10-5-6-12(22)20-15(10)24/h2-4,8,10H,5-7,18H2,1H3,(H,19,23)(H,20,22,24). The fourth-order valence-corrected chi connectivity index (χ4v) is 3.04. The lowest BCUT2D eigenvalue weighted by Gasteiger charge is -2.27. The van der Waals surface area contributed by atoms with Crippen LogP contribution < -0.4 is 21.1 Å². The van der Waals surface area contributed by atoms with E-state index in [0.29, 0.717) is 0 Å². The van der Waals surface area contributed by atoms with Gasteiger partial charge in [0.2, 0.25) is 11.8 Å². The first kappa shape index (κ1) is 18.5. The molecule has 4 N–H and O–H groups in total. The summed E-state index contributed by atoms with van der Waals surface area (Å²) < 4.78 is 5.39. The molecule has 2 heterocycles. The average molecular weight is 374 g/mol. The Morgan fingerprint density at radius 2 is 2.07 bits per heavy atom. The van der Waals surface area contributed by atoms with E-state index in [0.717, 1.165) is 4.90 Å². The van der Waals surface area contributed by atoms with Crippen LogP contribution in [0.4, 0.5) is 0 Å². The van der Waals surface area contributed by atoms with E-state index < -0.39 is 48.4 Å². The van der Waals surface area contributed by atoms with Gasteiger partial charge in [-0.05, 0) is 25.5 Å². The second-order valence-corrected chi connectivity index (χ2v) is 6.27. The summed E-state index contributed by atoms with van der Waals surface area (Å²) in [6, 6.07) is 3.34. The van der Waals surface area contributed by atoms with Crippen molar-refractivity contribution in [3.05, 3.63) is 29.3 Å². The number of benzene rings is 1. The van der Waals surface area contributed by atoms with Crippen molar-refractivity contribution < 1.29 is 28.7 Å². The number of rotatable bonds is 5. The zero-order chi connectivity index (χ0) is 19.7. The number of carbonyl (C=O) groups excluding carboxylic acids is 5. The minimum absolute atomic E-state index is 0.0132. The van der Waals surface area contributed by atoms with Crippen LogP contribution >= 0.6 is 0 Å². The molecule has 1 aromatic carbocycles. The monoisotopic (exact) mass is 374 g/mol. The van der Waals surface area contributed by atoms with Gasteiger partial charge >= 0.3 is 0 Å². The molecule has 2 aliphatic rings. The zero-order valence-electron chi connectivity index (χ0n) is 14.5. The van der Waals surface area contributed by atoms with Gasteiger partial charge in [-0.2, -0.15) is 0 Å². The number of piperidine rings is 1. The van der Waals surface area contributed by atoms with Crippen LogP contribution in [0.5, 0.6) is 5.75 Å². The topological polar surface area (TPSA) is 148 Å². The van der Waals surface area contributed by atoms with Crippen molar-refractivity contribution >= 4 is 29.5 Å². The first-order valence-electron chi connectivity index (χ1n) is 8.32. The zero-order valence-corrected chi connectivity index (χ0v) is 14.5. The molecule has 2 unspecified atom stereocenters. The second kappa shape index (κ2) is 7.16. The maximum atomic E-state index is 12.8. The van der Waals surface area contributed by atoms with Crippen LogP contribution in [-0.2, 0) is 14.4 Å². The fraction of sp³-hybridized carbons (Fsp3) is 0.353. The van der Waals surface area contributed by atoms with Crippen LogP contribution in [0.2, 0.25) is 0 Å². The van der Waals surface area contributed by atoms with Gasteiger partial charge in [0, 0.05) is 6.42 Å². The van der Waals surface area contributed by atoms with E-state index in [9.17, 15) is 24.0 Å². The lowest BCUT2D eigenvalue weighted by Crippen LogP contribution is -2.54. The molecule has 0 radical (unpaired) electrons. The van der Waals surface area contributed by atoms with E-state index in [2.05, 4.69) is 10.6 Å². The van der Waals surface area contributed by atoms with Crippen LogP contribution in [-0.4, -0.2) is 53.3 Å². The van der Waals surface area contributed by atoms with Gasteiger partial charge in [-0.3, -0.25) is 34.2 Å². The number of carbonyl (C=O) groups is 5. The first-order valence-corrected chi connectivity index (χ1v) is 8.32. The second-order valence-electron chi connectivity index (χ2n) is 6.27. The molecule has 1 aromatic rings. The highest BCUT2D eigenvalue weighted by molar-refractivity contribution is 6.24. The molecule has 27 heavy (non-hydrogen) atoms. The van der Waals surface area contributed by atoms with Gasteiger partial charge in [-0.25, -0.2) is 0 Å². The Bertz CT molecular complexity index is 850. The molecule has 0 aliphatic carbocycles. The van der Waals surface area contributed by atoms with Crippen molar-refractivity contribution in [2.24, 2.45) is 5.73 Å². The molecule has 10 heteroatoms. The van der Waals surface area contributed by atoms with E-state index in [1.54, 1.807) is 6.92 Å². The SMILES string of the molecule is CC(N)NC(=O)COc1cccc2c1C(=O)N(C1CCC(=O)NC1=O)C2=O. The van der Waals surface area contributed by atoms with E-state index in [-0.39, 0.29) is 29.7 Å². The van der Waals surface area contributed by atoms with Crippen molar-refractivity contribution in [3.8, 4) is 5.75 Å². The van der Waals surface area contributed by atoms with E-state index >= 15 is 0 Å². The van der Waals surface area contributed by atoms with Crippen molar-refractivity contribution in [1.29, 1.82) is 0 Å². The van der Waals surface area contributed by atoms with Crippen LogP contribution in [0, 0.1) is 0 Å². The van der Waals surface area contributed by atoms with Gasteiger partial charge in [-0.1, -0.05) is 6.07 Å². The summed E-state index contributed by atoms with van der Waals surface area (Å²) in [7, 11) is 0. The van der Waals surface area contributed by atoms with Gasteiger partial charge in [0.25, 0.3) is 17.7 Å². The average Bonchev–Trinajstić information content (AvgIpc) is 2.85. The third-order valence-corrected chi connectivity index (χ3v) is 4.18. The molecule has 0 bridgehead atoms. The molecular weight excluding hydrogens is 356 g/mol. The normalized spacial score (nSPS) is 20.2. The summed E-state index contributed by atoms with van der Waals surface area (Å²) in [6.07, 6.45) is -0.470. The fourth-order valence-electron chi connectivity index (χ4n) is 3.04. The predicted octanol–water partition coefficient (Wildman–Crippen LogP) is -1.11. The van der Waals surface area contributed by atoms with Gasteiger partial charge in [0.15, 0.2) is 6.61 Å². The third kappa shape index (κ3) is 3.51. The van der Waals surface area contributed by atoms with Crippen LogP contribution in [0.25, 0.3) is 0 Å². The molecule has 5 amide bonds. The summed E-state index contributed by atoms with van der Waals surface area (Å²) in [5.74, 6) is -2.92. The molecule has 1 saturated heterocycles. The minimum Gasteiger partial charge on any atom is -0.483 e. The largest absolute Gasteiger partial charge is 0.483 e. The lowest BCUT2D eigenvalue weighted by atomic mass is 10.0. The van der Waals surface area contributed by atoms with Gasteiger partial charge in [0.05, 0.1) is 17.3 Å². The first-order chi connectivity index (χ1) is 12.8. The molecule has 0 spiro atoms. The Balaban J connectivity index is 1.83. The molecule has 0 aromatic heterocycles. The number of nitrogens with two attached hydrogens (primary N) is 1. The van der Waals surface area contributed by atoms with E-state index in [4.69, 9.17) is 10.5 Å². The number of nitrogens with zero attached hydrogens (tertiary/aromatic N) is 1. The molecule has 10 nitrogen and oxygen atoms in total. The van der Waals surface area contributed by atoms with Crippen molar-refractivity contribution in [1.82, 2.24) is 15.5 Å². The predicted molar refractivity (Wildman–Crippen MR) is 90.4 cm³/mol. The molecule has 3 rings (SSSR count). The highest BCUT2D eigenvalue weighted by Gasteiger charge is 2.46. The lowest BCUT2D eigenvalue weighted by molar-refractivity contribution is -0.136. The summed E-state index contributed by atoms with van der Waals surface area (Å²) in [4.78, 5) is 61.4. The van der Waals surface area contributed by atoms with Crippen LogP contribution in [0.15, 0.2) is 18.2 Å². The Morgan fingerprint density at radius 1 is 1.33 bits per heavy atom. The number of imide groups is 2. The Labute approximate surface area is 154 Å². The summed E-state index contributed by atoms with van der Waals surface area (Å²) >= 11 is 0. The molecule has 1 fully saturated rings. The van der Waals surface area contributed by atoms with Crippen LogP contribution in [0.3, 0.4) is 0 Å². The molecular formula is C17H18N4O6. The highest BCUT2D eigenvalue weighted by atomic mass is 16.5. The number of hydrogen-bond donors (Lipinski definition) is 3. The quantitative estimate of drug-likeness (QED) is 0.437. The molecule has 0 saturated carbocycles. The van der Waals surface area contributed by atoms with Crippen molar-refractivity contribution in [2.75, 3.05) is 6.61 Å². The summed E-state index contributed by atoms with van der Waals surface area (Å²) in [6.45, 7) is 1.19. The van der Waals surface area contributed by atoms with Crippen molar-refractivity contribution in [3.63, 3.8) is 0 Å². The van der Waals surface area contributed by atoms with Crippen LogP contribution in [0.1, 0.15) is 40.5 Å². The van der Waals surface area contributed by atoms with Gasteiger partial charge < -0.3 is 15.8 Å². The van der Waals surface area contributed by atoms with E-state index in [1.807, 2.05) is 0 Å². The smallest absolute Gasteiger partial charge is 0.266 e. The maximum absolute atomic E-state index is 12.8. The Kier molecular flexibility index (Phi) is 4.91. The Hall–Kier alpha value is -3.27. The van der Waals surface area contributed by atoms with Crippen molar-refractivity contribution in [2.45, 2.75) is 32.0 Å². The third-order valence-electron chi connectivity index (χ3n) is 4.18. The van der Waals surface area contributed by atoms with Gasteiger partial charge in [-0.15, -0.1) is 0 Å².